The van der Waals surface area contributed by atoms with Crippen LogP contribution in [0.1, 0.15) is 31.4 Å². The second-order valence-electron chi connectivity index (χ2n) is 6.32. The van der Waals surface area contributed by atoms with Crippen molar-refractivity contribution in [2.75, 3.05) is 0 Å². The van der Waals surface area contributed by atoms with Gasteiger partial charge in [-0.25, -0.2) is 4.79 Å². The number of nitrogens with zero attached hydrogens (tertiary/aromatic N) is 2. The van der Waals surface area contributed by atoms with Gasteiger partial charge in [0.15, 0.2) is 0 Å². The van der Waals surface area contributed by atoms with Crippen LogP contribution < -0.4 is 10.1 Å². The second kappa shape index (κ2) is 7.39. The number of carbonyl (C=O) groups is 2. The summed E-state index contributed by atoms with van der Waals surface area (Å²) in [6.45, 7) is 4.00. The quantitative estimate of drug-likeness (QED) is 0.641. The fraction of sp³-hybridized carbons (Fsp3) is 0.250. The Morgan fingerprint density at radius 1 is 1.15 bits per heavy atom. The molecule has 1 aliphatic rings. The van der Waals surface area contributed by atoms with Crippen LogP contribution in [-0.2, 0) is 11.4 Å². The number of hydrogen-bond donors (Lipinski definition) is 1. The molecule has 2 aromatic rings. The SMILES string of the molecule is CC[C@]1(C)NC(=O)N(/N=C\c2cccc(OCc3ccccc3)c2)C1=O. The highest BCUT2D eigenvalue weighted by Crippen LogP contribution is 2.21. The third-order valence-corrected chi connectivity index (χ3v) is 4.38. The lowest BCUT2D eigenvalue weighted by atomic mass is 10.00. The second-order valence-corrected chi connectivity index (χ2v) is 6.32. The molecule has 134 valence electrons. The number of ether oxygens (including phenoxy) is 1. The van der Waals surface area contributed by atoms with Crippen LogP contribution >= 0.6 is 0 Å². The molecule has 0 radical (unpaired) electrons. The smallest absolute Gasteiger partial charge is 0.346 e. The van der Waals surface area contributed by atoms with Gasteiger partial charge in [0.1, 0.15) is 17.9 Å². The molecule has 3 amide bonds. The Labute approximate surface area is 152 Å². The van der Waals surface area contributed by atoms with Crippen molar-refractivity contribution in [1.82, 2.24) is 10.3 Å². The molecule has 6 heteroatoms. The van der Waals surface area contributed by atoms with Crippen molar-refractivity contribution in [3.8, 4) is 5.75 Å². The third-order valence-electron chi connectivity index (χ3n) is 4.38. The van der Waals surface area contributed by atoms with E-state index in [4.69, 9.17) is 4.74 Å². The van der Waals surface area contributed by atoms with E-state index in [1.165, 1.54) is 6.21 Å². The van der Waals surface area contributed by atoms with Crippen LogP contribution in [0, 0.1) is 0 Å². The highest BCUT2D eigenvalue weighted by molar-refractivity contribution is 6.07. The summed E-state index contributed by atoms with van der Waals surface area (Å²) in [7, 11) is 0. The maximum atomic E-state index is 12.3. The van der Waals surface area contributed by atoms with Crippen molar-refractivity contribution < 1.29 is 14.3 Å². The zero-order chi connectivity index (χ0) is 18.6. The molecule has 1 fully saturated rings. The number of rotatable bonds is 6. The molecular weight excluding hydrogens is 330 g/mol. The fourth-order valence-electron chi connectivity index (χ4n) is 2.56. The Hall–Kier alpha value is -3.15. The van der Waals surface area contributed by atoms with Crippen LogP contribution in [0.3, 0.4) is 0 Å². The Balaban J connectivity index is 1.68. The van der Waals surface area contributed by atoms with Crippen LogP contribution in [0.2, 0.25) is 0 Å². The zero-order valence-electron chi connectivity index (χ0n) is 14.8. The van der Waals surface area contributed by atoms with E-state index in [2.05, 4.69) is 10.4 Å². The number of carbonyl (C=O) groups excluding carboxylic acids is 2. The van der Waals surface area contributed by atoms with E-state index < -0.39 is 11.6 Å². The first-order valence-corrected chi connectivity index (χ1v) is 8.49. The summed E-state index contributed by atoms with van der Waals surface area (Å²) >= 11 is 0. The first kappa shape index (κ1) is 17.7. The fourth-order valence-corrected chi connectivity index (χ4v) is 2.56. The van der Waals surface area contributed by atoms with Gasteiger partial charge in [-0.1, -0.05) is 49.4 Å². The highest BCUT2D eigenvalue weighted by Gasteiger charge is 2.46. The minimum absolute atomic E-state index is 0.349. The molecule has 0 aromatic heterocycles. The van der Waals surface area contributed by atoms with E-state index in [1.807, 2.05) is 61.5 Å². The van der Waals surface area contributed by atoms with Crippen molar-refractivity contribution in [3.05, 3.63) is 65.7 Å². The lowest BCUT2D eigenvalue weighted by molar-refractivity contribution is -0.130. The lowest BCUT2D eigenvalue weighted by Gasteiger charge is -2.17. The molecule has 0 aliphatic carbocycles. The van der Waals surface area contributed by atoms with Gasteiger partial charge in [-0.05, 0) is 36.6 Å². The molecule has 0 bridgehead atoms. The normalized spacial score (nSPS) is 19.8. The van der Waals surface area contributed by atoms with Crippen molar-refractivity contribution >= 4 is 18.2 Å². The first-order chi connectivity index (χ1) is 12.5. The average molecular weight is 351 g/mol. The van der Waals surface area contributed by atoms with Gasteiger partial charge in [0.2, 0.25) is 0 Å². The number of hydrazone groups is 1. The van der Waals surface area contributed by atoms with Gasteiger partial charge in [0.25, 0.3) is 5.91 Å². The molecule has 6 nitrogen and oxygen atoms in total. The van der Waals surface area contributed by atoms with Crippen LogP contribution in [0.4, 0.5) is 4.79 Å². The summed E-state index contributed by atoms with van der Waals surface area (Å²) in [5.41, 5.74) is 0.917. The predicted octanol–water partition coefficient (Wildman–Crippen LogP) is 3.32. The lowest BCUT2D eigenvalue weighted by Crippen LogP contribution is -2.42. The average Bonchev–Trinajstić information content (AvgIpc) is 2.89. The van der Waals surface area contributed by atoms with Crippen molar-refractivity contribution in [2.45, 2.75) is 32.4 Å². The van der Waals surface area contributed by atoms with Gasteiger partial charge in [0, 0.05) is 0 Å². The zero-order valence-corrected chi connectivity index (χ0v) is 14.8. The number of nitrogens with one attached hydrogen (secondary N) is 1. The van der Waals surface area contributed by atoms with E-state index in [0.29, 0.717) is 18.8 Å². The molecule has 1 atom stereocenters. The van der Waals surface area contributed by atoms with Crippen molar-refractivity contribution in [1.29, 1.82) is 0 Å². The summed E-state index contributed by atoms with van der Waals surface area (Å²) in [5.74, 6) is 0.339. The van der Waals surface area contributed by atoms with E-state index in [1.54, 1.807) is 6.92 Å². The monoisotopic (exact) mass is 351 g/mol. The van der Waals surface area contributed by atoms with Gasteiger partial charge in [-0.2, -0.15) is 5.10 Å². The maximum Gasteiger partial charge on any atom is 0.346 e. The van der Waals surface area contributed by atoms with E-state index in [0.717, 1.165) is 16.1 Å². The Bertz CT molecular complexity index is 835. The summed E-state index contributed by atoms with van der Waals surface area (Å²) in [5, 5.41) is 7.59. The van der Waals surface area contributed by atoms with E-state index in [-0.39, 0.29) is 5.91 Å². The highest BCUT2D eigenvalue weighted by atomic mass is 16.5. The minimum Gasteiger partial charge on any atom is -0.489 e. The van der Waals surface area contributed by atoms with Gasteiger partial charge in [0.05, 0.1) is 6.21 Å². The van der Waals surface area contributed by atoms with E-state index in [9.17, 15) is 9.59 Å². The molecule has 1 saturated heterocycles. The molecule has 2 aromatic carbocycles. The predicted molar refractivity (Wildman–Crippen MR) is 98.9 cm³/mol. The molecular formula is C20H21N3O3. The standard InChI is InChI=1S/C20H21N3O3/c1-3-20(2)18(24)23(19(25)22-20)21-13-16-10-7-11-17(12-16)26-14-15-8-5-4-6-9-15/h4-13H,3,14H2,1-2H3,(H,22,25)/b21-13-/t20-/m0/s1. The molecule has 3 rings (SSSR count). The number of imide groups is 1. The van der Waals surface area contributed by atoms with Crippen molar-refractivity contribution in [2.24, 2.45) is 5.10 Å². The number of urea groups is 1. The number of amides is 3. The summed E-state index contributed by atoms with van der Waals surface area (Å²) in [4.78, 5) is 24.3. The molecule has 0 unspecified atom stereocenters. The van der Waals surface area contributed by atoms with Gasteiger partial charge >= 0.3 is 6.03 Å². The largest absolute Gasteiger partial charge is 0.489 e. The maximum absolute atomic E-state index is 12.3. The number of hydrogen-bond acceptors (Lipinski definition) is 4. The minimum atomic E-state index is -0.894. The summed E-state index contributed by atoms with van der Waals surface area (Å²) in [6, 6.07) is 16.7. The van der Waals surface area contributed by atoms with Crippen molar-refractivity contribution in [3.63, 3.8) is 0 Å². The third kappa shape index (κ3) is 3.74. The Kier molecular flexibility index (Phi) is 5.02. The van der Waals surface area contributed by atoms with Gasteiger partial charge in [-0.3, -0.25) is 4.79 Å². The van der Waals surface area contributed by atoms with Crippen LogP contribution in [0.5, 0.6) is 5.75 Å². The van der Waals surface area contributed by atoms with Crippen LogP contribution in [0.25, 0.3) is 0 Å². The van der Waals surface area contributed by atoms with Crippen LogP contribution in [0.15, 0.2) is 59.7 Å². The van der Waals surface area contributed by atoms with E-state index >= 15 is 0 Å². The number of benzene rings is 2. The molecule has 0 spiro atoms. The molecule has 26 heavy (non-hydrogen) atoms. The summed E-state index contributed by atoms with van der Waals surface area (Å²) in [6.07, 6.45) is 1.99. The topological polar surface area (TPSA) is 71.0 Å². The molecule has 1 N–H and O–H groups in total. The van der Waals surface area contributed by atoms with Gasteiger partial charge in [-0.15, -0.1) is 5.01 Å². The molecule has 0 saturated carbocycles. The Morgan fingerprint density at radius 3 is 2.62 bits per heavy atom. The molecule has 1 heterocycles. The first-order valence-electron chi connectivity index (χ1n) is 8.49. The summed E-state index contributed by atoms with van der Waals surface area (Å²) < 4.78 is 5.78. The van der Waals surface area contributed by atoms with Gasteiger partial charge < -0.3 is 10.1 Å². The molecule has 1 aliphatic heterocycles. The Morgan fingerprint density at radius 2 is 1.92 bits per heavy atom. The van der Waals surface area contributed by atoms with Crippen LogP contribution in [-0.4, -0.2) is 28.7 Å².